The van der Waals surface area contributed by atoms with Gasteiger partial charge in [-0.2, -0.15) is 13.2 Å². The number of aromatic nitrogens is 1. The summed E-state index contributed by atoms with van der Waals surface area (Å²) in [6.07, 6.45) is -3.19. The number of aryl methyl sites for hydroxylation is 2. The summed E-state index contributed by atoms with van der Waals surface area (Å²) in [5.74, 6) is 0. The molecule has 21 heavy (non-hydrogen) atoms. The third-order valence-electron chi connectivity index (χ3n) is 3.33. The maximum absolute atomic E-state index is 12.5. The van der Waals surface area contributed by atoms with Crippen molar-refractivity contribution in [3.63, 3.8) is 0 Å². The van der Waals surface area contributed by atoms with Crippen LogP contribution in [0, 0.1) is 13.8 Å². The predicted octanol–water partition coefficient (Wildman–Crippen LogP) is 4.89. The molecule has 0 spiro atoms. The molecule has 0 aliphatic carbocycles. The monoisotopic (exact) mass is 294 g/mol. The highest BCUT2D eigenvalue weighted by atomic mass is 19.4. The Bertz CT molecular complexity index is 618. The zero-order valence-electron chi connectivity index (χ0n) is 12.1. The molecule has 0 aliphatic heterocycles. The lowest BCUT2D eigenvalue weighted by atomic mass is 10.0. The molecule has 112 valence electrons. The summed E-state index contributed by atoms with van der Waals surface area (Å²) in [7, 11) is 0. The van der Waals surface area contributed by atoms with Gasteiger partial charge in [-0.05, 0) is 44.0 Å². The average Bonchev–Trinajstić information content (AvgIpc) is 2.38. The first-order valence-electron chi connectivity index (χ1n) is 6.64. The summed E-state index contributed by atoms with van der Waals surface area (Å²) in [5.41, 5.74) is 3.12. The van der Waals surface area contributed by atoms with E-state index in [0.717, 1.165) is 17.2 Å². The number of hydrogen-bond donors (Lipinski definition) is 1. The lowest BCUT2D eigenvalue weighted by molar-refractivity contribution is -0.141. The van der Waals surface area contributed by atoms with E-state index in [0.29, 0.717) is 5.69 Å². The van der Waals surface area contributed by atoms with Crippen molar-refractivity contribution < 1.29 is 13.2 Å². The van der Waals surface area contributed by atoms with Gasteiger partial charge in [0, 0.05) is 6.04 Å². The fourth-order valence-electron chi connectivity index (χ4n) is 2.29. The highest BCUT2D eigenvalue weighted by Gasteiger charge is 2.32. The van der Waals surface area contributed by atoms with Crippen LogP contribution in [0.15, 0.2) is 36.5 Å². The molecule has 1 heterocycles. The van der Waals surface area contributed by atoms with E-state index in [1.807, 2.05) is 32.9 Å². The third-order valence-corrected chi connectivity index (χ3v) is 3.33. The standard InChI is InChI=1S/C16H17F3N2/c1-10-4-6-14(11(2)8-10)12(3)21-13-5-7-15(20-9-13)16(17,18)19/h4-9,12,21H,1-3H3. The van der Waals surface area contributed by atoms with Gasteiger partial charge in [0.2, 0.25) is 0 Å². The van der Waals surface area contributed by atoms with E-state index >= 15 is 0 Å². The Balaban J connectivity index is 2.14. The van der Waals surface area contributed by atoms with Crippen LogP contribution >= 0.6 is 0 Å². The molecule has 2 aromatic rings. The van der Waals surface area contributed by atoms with E-state index in [2.05, 4.69) is 16.4 Å². The molecule has 1 unspecified atom stereocenters. The Morgan fingerprint density at radius 1 is 1.10 bits per heavy atom. The van der Waals surface area contributed by atoms with Crippen LogP contribution in [0.3, 0.4) is 0 Å². The maximum atomic E-state index is 12.5. The van der Waals surface area contributed by atoms with Gasteiger partial charge in [0.05, 0.1) is 11.9 Å². The number of pyridine rings is 1. The topological polar surface area (TPSA) is 24.9 Å². The van der Waals surface area contributed by atoms with Crippen molar-refractivity contribution in [2.75, 3.05) is 5.32 Å². The first kappa shape index (κ1) is 15.4. The number of nitrogens with zero attached hydrogens (tertiary/aromatic N) is 1. The van der Waals surface area contributed by atoms with Gasteiger partial charge in [0.15, 0.2) is 0 Å². The third kappa shape index (κ3) is 3.74. The van der Waals surface area contributed by atoms with E-state index < -0.39 is 11.9 Å². The van der Waals surface area contributed by atoms with E-state index in [1.165, 1.54) is 17.8 Å². The van der Waals surface area contributed by atoms with Crippen LogP contribution < -0.4 is 5.32 Å². The first-order valence-corrected chi connectivity index (χ1v) is 6.64. The van der Waals surface area contributed by atoms with Crippen LogP contribution in [0.4, 0.5) is 18.9 Å². The van der Waals surface area contributed by atoms with Gasteiger partial charge in [-0.3, -0.25) is 0 Å². The fourth-order valence-corrected chi connectivity index (χ4v) is 2.29. The summed E-state index contributed by atoms with van der Waals surface area (Å²) in [4.78, 5) is 3.45. The quantitative estimate of drug-likeness (QED) is 0.871. The number of nitrogens with one attached hydrogen (secondary N) is 1. The van der Waals surface area contributed by atoms with E-state index in [1.54, 1.807) is 0 Å². The molecule has 1 aromatic heterocycles. The van der Waals surface area contributed by atoms with Crippen molar-refractivity contribution in [3.05, 3.63) is 58.9 Å². The molecule has 0 aliphatic rings. The lowest BCUT2D eigenvalue weighted by Gasteiger charge is -2.18. The minimum atomic E-state index is -4.41. The normalized spacial score (nSPS) is 13.0. The Labute approximate surface area is 122 Å². The second-order valence-electron chi connectivity index (χ2n) is 5.16. The average molecular weight is 294 g/mol. The van der Waals surface area contributed by atoms with Gasteiger partial charge in [-0.1, -0.05) is 23.8 Å². The Hall–Kier alpha value is -2.04. The molecule has 0 bridgehead atoms. The van der Waals surface area contributed by atoms with Crippen molar-refractivity contribution in [1.82, 2.24) is 4.98 Å². The van der Waals surface area contributed by atoms with Gasteiger partial charge in [0.1, 0.15) is 5.69 Å². The van der Waals surface area contributed by atoms with Crippen LogP contribution in [0.1, 0.15) is 35.3 Å². The van der Waals surface area contributed by atoms with Crippen LogP contribution in [0.5, 0.6) is 0 Å². The molecule has 5 heteroatoms. The molecule has 0 radical (unpaired) electrons. The number of rotatable bonds is 3. The first-order chi connectivity index (χ1) is 9.77. The minimum absolute atomic E-state index is 0.0101. The van der Waals surface area contributed by atoms with Crippen LogP contribution in [-0.4, -0.2) is 4.98 Å². The highest BCUT2D eigenvalue weighted by molar-refractivity contribution is 5.45. The Kier molecular flexibility index (Phi) is 4.21. The van der Waals surface area contributed by atoms with E-state index in [4.69, 9.17) is 0 Å². The summed E-state index contributed by atoms with van der Waals surface area (Å²) in [6.45, 7) is 6.01. The number of halogens is 3. The molecular formula is C16H17F3N2. The summed E-state index contributed by atoms with van der Waals surface area (Å²) < 4.78 is 37.4. The summed E-state index contributed by atoms with van der Waals surface area (Å²) in [5, 5.41) is 3.17. The van der Waals surface area contributed by atoms with Crippen LogP contribution in [0.25, 0.3) is 0 Å². The van der Waals surface area contributed by atoms with Crippen LogP contribution in [-0.2, 0) is 6.18 Å². The van der Waals surface area contributed by atoms with Crippen molar-refractivity contribution in [3.8, 4) is 0 Å². The molecule has 2 rings (SSSR count). The van der Waals surface area contributed by atoms with Gasteiger partial charge < -0.3 is 5.32 Å². The highest BCUT2D eigenvalue weighted by Crippen LogP contribution is 2.29. The largest absolute Gasteiger partial charge is 0.433 e. The zero-order chi connectivity index (χ0) is 15.6. The number of alkyl halides is 3. The van der Waals surface area contributed by atoms with Crippen LogP contribution in [0.2, 0.25) is 0 Å². The lowest BCUT2D eigenvalue weighted by Crippen LogP contribution is -2.11. The van der Waals surface area contributed by atoms with Gasteiger partial charge in [-0.25, -0.2) is 4.98 Å². The molecule has 0 saturated heterocycles. The van der Waals surface area contributed by atoms with E-state index in [-0.39, 0.29) is 6.04 Å². The van der Waals surface area contributed by atoms with Gasteiger partial charge in [-0.15, -0.1) is 0 Å². The molecule has 2 nitrogen and oxygen atoms in total. The Morgan fingerprint density at radius 3 is 2.33 bits per heavy atom. The molecule has 1 atom stereocenters. The molecule has 0 saturated carbocycles. The summed E-state index contributed by atoms with van der Waals surface area (Å²) in [6, 6.07) is 8.50. The smallest absolute Gasteiger partial charge is 0.377 e. The second kappa shape index (κ2) is 5.76. The predicted molar refractivity (Wildman–Crippen MR) is 77.2 cm³/mol. The molecule has 0 amide bonds. The van der Waals surface area contributed by atoms with Gasteiger partial charge in [0.25, 0.3) is 0 Å². The Morgan fingerprint density at radius 2 is 1.81 bits per heavy atom. The second-order valence-corrected chi connectivity index (χ2v) is 5.16. The van der Waals surface area contributed by atoms with Crippen molar-refractivity contribution >= 4 is 5.69 Å². The van der Waals surface area contributed by atoms with Crippen molar-refractivity contribution in [2.45, 2.75) is 33.0 Å². The molecule has 1 aromatic carbocycles. The van der Waals surface area contributed by atoms with Crippen molar-refractivity contribution in [2.24, 2.45) is 0 Å². The van der Waals surface area contributed by atoms with Gasteiger partial charge >= 0.3 is 6.18 Å². The number of benzene rings is 1. The fraction of sp³-hybridized carbons (Fsp3) is 0.312. The summed E-state index contributed by atoms with van der Waals surface area (Å²) >= 11 is 0. The molecular weight excluding hydrogens is 277 g/mol. The van der Waals surface area contributed by atoms with Crippen molar-refractivity contribution in [1.29, 1.82) is 0 Å². The number of hydrogen-bond acceptors (Lipinski definition) is 2. The minimum Gasteiger partial charge on any atom is -0.377 e. The SMILES string of the molecule is Cc1ccc(C(C)Nc2ccc(C(F)(F)F)nc2)c(C)c1. The number of anilines is 1. The zero-order valence-corrected chi connectivity index (χ0v) is 12.1. The van der Waals surface area contributed by atoms with E-state index in [9.17, 15) is 13.2 Å². The molecule has 1 N–H and O–H groups in total. The maximum Gasteiger partial charge on any atom is 0.433 e. The molecule has 0 fully saturated rings.